The van der Waals surface area contributed by atoms with E-state index in [4.69, 9.17) is 0 Å². The molecule has 0 saturated carbocycles. The van der Waals surface area contributed by atoms with Crippen molar-refractivity contribution in [2.75, 3.05) is 38.6 Å². The van der Waals surface area contributed by atoms with Crippen LogP contribution >= 0.6 is 0 Å². The Bertz CT molecular complexity index is 407. The fourth-order valence-corrected chi connectivity index (χ4v) is 2.65. The zero-order chi connectivity index (χ0) is 13.7. The van der Waals surface area contributed by atoms with Crippen molar-refractivity contribution < 1.29 is 4.79 Å². The second-order valence-corrected chi connectivity index (χ2v) is 5.11. The maximum Gasteiger partial charge on any atom is 0.240 e. The molecule has 1 atom stereocenters. The summed E-state index contributed by atoms with van der Waals surface area (Å²) < 4.78 is 0. The molecule has 4 heteroatoms. The lowest BCUT2D eigenvalue weighted by atomic mass is 10.2. The standard InChI is InChI=1S/C15H23N3O/c1-16-11-14-9-6-10-18(14)12-15(19)17(2)13-7-4-3-5-8-13/h3-5,7-8,14,16H,6,9-12H2,1-2H3. The van der Waals surface area contributed by atoms with Crippen molar-refractivity contribution in [1.82, 2.24) is 10.2 Å². The number of likely N-dealkylation sites (tertiary alicyclic amines) is 1. The highest BCUT2D eigenvalue weighted by molar-refractivity contribution is 5.94. The van der Waals surface area contributed by atoms with Gasteiger partial charge in [0.2, 0.25) is 5.91 Å². The minimum absolute atomic E-state index is 0.161. The molecule has 0 aliphatic carbocycles. The predicted molar refractivity (Wildman–Crippen MR) is 78.4 cm³/mol. The van der Waals surface area contributed by atoms with Gasteiger partial charge in [0.05, 0.1) is 6.54 Å². The fraction of sp³-hybridized carbons (Fsp3) is 0.533. The van der Waals surface area contributed by atoms with E-state index in [1.165, 1.54) is 12.8 Å². The number of hydrogen-bond acceptors (Lipinski definition) is 3. The Hall–Kier alpha value is -1.39. The quantitative estimate of drug-likeness (QED) is 0.868. The number of likely N-dealkylation sites (N-methyl/N-ethyl adjacent to an activating group) is 2. The third kappa shape index (κ3) is 3.55. The van der Waals surface area contributed by atoms with Crippen LogP contribution in [-0.2, 0) is 4.79 Å². The van der Waals surface area contributed by atoms with Crippen molar-refractivity contribution >= 4 is 11.6 Å². The van der Waals surface area contributed by atoms with Crippen molar-refractivity contribution in [2.24, 2.45) is 0 Å². The maximum atomic E-state index is 12.3. The summed E-state index contributed by atoms with van der Waals surface area (Å²) in [4.78, 5) is 16.3. The molecule has 1 aromatic rings. The van der Waals surface area contributed by atoms with Gasteiger partial charge in [-0.25, -0.2) is 0 Å². The zero-order valence-corrected chi connectivity index (χ0v) is 11.8. The molecule has 1 saturated heterocycles. The molecule has 1 heterocycles. The average molecular weight is 261 g/mol. The summed E-state index contributed by atoms with van der Waals surface area (Å²) in [6.07, 6.45) is 2.37. The van der Waals surface area contributed by atoms with E-state index in [-0.39, 0.29) is 5.91 Å². The minimum atomic E-state index is 0.161. The highest BCUT2D eigenvalue weighted by atomic mass is 16.2. The fourth-order valence-electron chi connectivity index (χ4n) is 2.65. The molecular weight excluding hydrogens is 238 g/mol. The van der Waals surface area contributed by atoms with Crippen molar-refractivity contribution in [3.8, 4) is 0 Å². The second kappa shape index (κ2) is 6.68. The molecular formula is C15H23N3O. The summed E-state index contributed by atoms with van der Waals surface area (Å²) >= 11 is 0. The number of nitrogens with zero attached hydrogens (tertiary/aromatic N) is 2. The summed E-state index contributed by atoms with van der Waals surface area (Å²) in [5, 5.41) is 3.21. The van der Waals surface area contributed by atoms with Crippen LogP contribution in [0.3, 0.4) is 0 Å². The first-order valence-electron chi connectivity index (χ1n) is 6.92. The van der Waals surface area contributed by atoms with Crippen LogP contribution in [0.15, 0.2) is 30.3 Å². The molecule has 0 bridgehead atoms. The number of anilines is 1. The normalized spacial score (nSPS) is 19.6. The van der Waals surface area contributed by atoms with Crippen molar-refractivity contribution in [3.05, 3.63) is 30.3 Å². The number of rotatable bonds is 5. The van der Waals surface area contributed by atoms with E-state index in [1.54, 1.807) is 4.90 Å². The molecule has 1 unspecified atom stereocenters. The van der Waals surface area contributed by atoms with Crippen molar-refractivity contribution in [2.45, 2.75) is 18.9 Å². The molecule has 104 valence electrons. The van der Waals surface area contributed by atoms with E-state index in [1.807, 2.05) is 44.4 Å². The van der Waals surface area contributed by atoms with Crippen LogP contribution in [0.1, 0.15) is 12.8 Å². The van der Waals surface area contributed by atoms with E-state index < -0.39 is 0 Å². The van der Waals surface area contributed by atoms with Gasteiger partial charge in [0.25, 0.3) is 0 Å². The predicted octanol–water partition coefficient (Wildman–Crippen LogP) is 1.33. The van der Waals surface area contributed by atoms with Gasteiger partial charge in [-0.1, -0.05) is 18.2 Å². The number of carbonyl (C=O) groups excluding carboxylic acids is 1. The molecule has 2 rings (SSSR count). The number of hydrogen-bond donors (Lipinski definition) is 1. The van der Waals surface area contributed by atoms with Crippen LogP contribution in [0.4, 0.5) is 5.69 Å². The third-order valence-electron chi connectivity index (χ3n) is 3.79. The molecule has 0 spiro atoms. The summed E-state index contributed by atoms with van der Waals surface area (Å²) in [6.45, 7) is 2.50. The summed E-state index contributed by atoms with van der Waals surface area (Å²) in [5.74, 6) is 0.161. The Labute approximate surface area is 115 Å². The van der Waals surface area contributed by atoms with E-state index >= 15 is 0 Å². The first-order valence-corrected chi connectivity index (χ1v) is 6.92. The lowest BCUT2D eigenvalue weighted by molar-refractivity contribution is -0.119. The van der Waals surface area contributed by atoms with Crippen molar-refractivity contribution in [3.63, 3.8) is 0 Å². The molecule has 1 aliphatic heterocycles. The highest BCUT2D eigenvalue weighted by Crippen LogP contribution is 2.17. The average Bonchev–Trinajstić information content (AvgIpc) is 2.86. The monoisotopic (exact) mass is 261 g/mol. The maximum absolute atomic E-state index is 12.3. The van der Waals surface area contributed by atoms with Crippen LogP contribution < -0.4 is 10.2 Å². The SMILES string of the molecule is CNCC1CCCN1CC(=O)N(C)c1ccccc1. The Morgan fingerprint density at radius 2 is 2.16 bits per heavy atom. The molecule has 4 nitrogen and oxygen atoms in total. The Morgan fingerprint density at radius 3 is 2.84 bits per heavy atom. The molecule has 0 aromatic heterocycles. The topological polar surface area (TPSA) is 35.6 Å². The molecule has 1 aliphatic rings. The lowest BCUT2D eigenvalue weighted by Crippen LogP contribution is -2.43. The molecule has 1 N–H and O–H groups in total. The highest BCUT2D eigenvalue weighted by Gasteiger charge is 2.26. The summed E-state index contributed by atoms with van der Waals surface area (Å²) in [7, 11) is 3.81. The second-order valence-electron chi connectivity index (χ2n) is 5.11. The van der Waals surface area contributed by atoms with Crippen LogP contribution in [-0.4, -0.2) is 50.6 Å². The van der Waals surface area contributed by atoms with Crippen LogP contribution in [0.5, 0.6) is 0 Å². The van der Waals surface area contributed by atoms with Gasteiger partial charge in [-0.2, -0.15) is 0 Å². The number of amides is 1. The van der Waals surface area contributed by atoms with Gasteiger partial charge in [-0.05, 0) is 38.6 Å². The van der Waals surface area contributed by atoms with E-state index in [2.05, 4.69) is 10.2 Å². The largest absolute Gasteiger partial charge is 0.318 e. The van der Waals surface area contributed by atoms with Gasteiger partial charge in [0.15, 0.2) is 0 Å². The van der Waals surface area contributed by atoms with Gasteiger partial charge in [0.1, 0.15) is 0 Å². The molecule has 1 aromatic carbocycles. The first kappa shape index (κ1) is 14.0. The van der Waals surface area contributed by atoms with Gasteiger partial charge >= 0.3 is 0 Å². The summed E-state index contributed by atoms with van der Waals surface area (Å²) in [5.41, 5.74) is 0.955. The molecule has 1 fully saturated rings. The van der Waals surface area contributed by atoms with Crippen LogP contribution in [0, 0.1) is 0 Å². The number of nitrogens with one attached hydrogen (secondary N) is 1. The smallest absolute Gasteiger partial charge is 0.240 e. The Balaban J connectivity index is 1.93. The Morgan fingerprint density at radius 1 is 1.42 bits per heavy atom. The van der Waals surface area contributed by atoms with Gasteiger partial charge < -0.3 is 10.2 Å². The van der Waals surface area contributed by atoms with Crippen LogP contribution in [0.2, 0.25) is 0 Å². The van der Waals surface area contributed by atoms with E-state index in [0.717, 1.165) is 18.8 Å². The van der Waals surface area contributed by atoms with E-state index in [9.17, 15) is 4.79 Å². The molecule has 1 amide bonds. The molecule has 19 heavy (non-hydrogen) atoms. The van der Waals surface area contributed by atoms with Gasteiger partial charge in [-0.3, -0.25) is 9.69 Å². The lowest BCUT2D eigenvalue weighted by Gasteiger charge is -2.26. The number of para-hydroxylation sites is 1. The summed E-state index contributed by atoms with van der Waals surface area (Å²) in [6, 6.07) is 10.3. The zero-order valence-electron chi connectivity index (χ0n) is 11.8. The number of benzene rings is 1. The first-order chi connectivity index (χ1) is 9.22. The van der Waals surface area contributed by atoms with Crippen molar-refractivity contribution in [1.29, 1.82) is 0 Å². The third-order valence-corrected chi connectivity index (χ3v) is 3.79. The van der Waals surface area contributed by atoms with Gasteiger partial charge in [-0.15, -0.1) is 0 Å². The Kier molecular flexibility index (Phi) is 4.93. The van der Waals surface area contributed by atoms with Crippen LogP contribution in [0.25, 0.3) is 0 Å². The molecule has 0 radical (unpaired) electrons. The van der Waals surface area contributed by atoms with Gasteiger partial charge in [0, 0.05) is 25.3 Å². The number of carbonyl (C=O) groups is 1. The van der Waals surface area contributed by atoms with E-state index in [0.29, 0.717) is 12.6 Å². The minimum Gasteiger partial charge on any atom is -0.318 e.